The van der Waals surface area contributed by atoms with Crippen molar-refractivity contribution >= 4 is 0 Å². The van der Waals surface area contributed by atoms with E-state index < -0.39 is 0 Å². The number of nitrogens with zero attached hydrogens (tertiary/aromatic N) is 2. The van der Waals surface area contributed by atoms with E-state index in [1.807, 2.05) is 6.92 Å². The van der Waals surface area contributed by atoms with E-state index in [1.165, 1.54) is 6.33 Å². The van der Waals surface area contributed by atoms with Crippen LogP contribution in [0.1, 0.15) is 5.69 Å². The van der Waals surface area contributed by atoms with Crippen LogP contribution in [-0.2, 0) is 0 Å². The summed E-state index contributed by atoms with van der Waals surface area (Å²) in [7, 11) is 3.21. The second-order valence-corrected chi connectivity index (χ2v) is 1.64. The lowest BCUT2D eigenvalue weighted by Gasteiger charge is -1.95. The third-order valence-electron chi connectivity index (χ3n) is 0.927. The van der Waals surface area contributed by atoms with Crippen LogP contribution in [0.2, 0.25) is 0 Å². The maximum Gasteiger partial charge on any atom is 0.216 e. The molecule has 1 rings (SSSR count). The number of aromatic nitrogens is 2. The van der Waals surface area contributed by atoms with Gasteiger partial charge in [-0.1, -0.05) is 0 Å². The van der Waals surface area contributed by atoms with Gasteiger partial charge < -0.3 is 4.74 Å². The van der Waals surface area contributed by atoms with Crippen LogP contribution in [0.5, 0.6) is 5.88 Å². The summed E-state index contributed by atoms with van der Waals surface area (Å²) in [5, 5.41) is 0. The lowest BCUT2D eigenvalue weighted by Crippen LogP contribution is -1.87. The molecule has 0 spiro atoms. The number of ether oxygens (including phenoxy) is 1. The molecule has 1 aromatic rings. The molecule has 0 fully saturated rings. The molecule has 0 atom stereocenters. The van der Waals surface area contributed by atoms with Crippen molar-refractivity contribution in [3.8, 4) is 5.88 Å². The van der Waals surface area contributed by atoms with Crippen molar-refractivity contribution in [2.45, 2.75) is 6.92 Å². The standard InChI is InChI=1S/C6H7N2O/c1-5-3-6(9-2)8-4-7-5/h3-4H,2H2,1H3. The highest BCUT2D eigenvalue weighted by Gasteiger charge is 1.89. The Morgan fingerprint density at radius 2 is 2.33 bits per heavy atom. The van der Waals surface area contributed by atoms with Gasteiger partial charge >= 0.3 is 0 Å². The van der Waals surface area contributed by atoms with Crippen LogP contribution in [-0.4, -0.2) is 9.97 Å². The van der Waals surface area contributed by atoms with Crippen molar-refractivity contribution in [2.75, 3.05) is 0 Å². The van der Waals surface area contributed by atoms with Crippen molar-refractivity contribution in [1.82, 2.24) is 9.97 Å². The topological polar surface area (TPSA) is 35.0 Å². The fourth-order valence-corrected chi connectivity index (χ4v) is 0.509. The molecule has 0 N–H and O–H groups in total. The van der Waals surface area contributed by atoms with Crippen molar-refractivity contribution in [1.29, 1.82) is 0 Å². The third kappa shape index (κ3) is 1.38. The lowest BCUT2D eigenvalue weighted by atomic mass is 10.4. The Balaban J connectivity index is 2.94. The first-order valence-electron chi connectivity index (χ1n) is 2.53. The van der Waals surface area contributed by atoms with Crippen LogP contribution in [0.3, 0.4) is 0 Å². The summed E-state index contributed by atoms with van der Waals surface area (Å²) in [4.78, 5) is 7.63. The molecule has 3 nitrogen and oxygen atoms in total. The van der Waals surface area contributed by atoms with E-state index in [1.54, 1.807) is 6.07 Å². The molecule has 47 valence electrons. The van der Waals surface area contributed by atoms with Crippen molar-refractivity contribution < 1.29 is 4.74 Å². The van der Waals surface area contributed by atoms with Gasteiger partial charge in [0.15, 0.2) is 0 Å². The molecule has 0 aliphatic carbocycles. The molecule has 0 amide bonds. The second kappa shape index (κ2) is 2.44. The minimum absolute atomic E-state index is 0.502. The van der Waals surface area contributed by atoms with E-state index in [-0.39, 0.29) is 0 Å². The van der Waals surface area contributed by atoms with Crippen molar-refractivity contribution in [3.05, 3.63) is 25.2 Å². The zero-order chi connectivity index (χ0) is 6.69. The van der Waals surface area contributed by atoms with Crippen LogP contribution in [0, 0.1) is 14.0 Å². The molecule has 1 aromatic heterocycles. The highest BCUT2D eigenvalue weighted by atomic mass is 16.5. The van der Waals surface area contributed by atoms with Gasteiger partial charge in [0.25, 0.3) is 0 Å². The number of hydrogen-bond acceptors (Lipinski definition) is 3. The molecule has 0 aromatic carbocycles. The van der Waals surface area contributed by atoms with E-state index in [2.05, 4.69) is 21.8 Å². The number of rotatable bonds is 1. The zero-order valence-electron chi connectivity index (χ0n) is 5.16. The Labute approximate surface area is 53.7 Å². The van der Waals surface area contributed by atoms with Gasteiger partial charge in [-0.2, -0.15) is 0 Å². The average molecular weight is 123 g/mol. The molecular formula is C6H7N2O. The Kier molecular flexibility index (Phi) is 1.63. The molecule has 0 saturated carbocycles. The minimum Gasteiger partial charge on any atom is -0.474 e. The van der Waals surface area contributed by atoms with E-state index in [4.69, 9.17) is 0 Å². The van der Waals surface area contributed by atoms with E-state index >= 15 is 0 Å². The first-order valence-corrected chi connectivity index (χ1v) is 2.53. The lowest BCUT2D eigenvalue weighted by molar-refractivity contribution is 0.451. The molecule has 3 heteroatoms. The van der Waals surface area contributed by atoms with Crippen molar-refractivity contribution in [2.24, 2.45) is 0 Å². The molecule has 0 aliphatic rings. The van der Waals surface area contributed by atoms with Gasteiger partial charge in [-0.25, -0.2) is 9.97 Å². The fourth-order valence-electron chi connectivity index (χ4n) is 0.509. The first kappa shape index (κ1) is 6.01. The smallest absolute Gasteiger partial charge is 0.216 e. The van der Waals surface area contributed by atoms with E-state index in [0.29, 0.717) is 5.88 Å². The predicted molar refractivity (Wildman–Crippen MR) is 32.8 cm³/mol. The summed E-state index contributed by atoms with van der Waals surface area (Å²) >= 11 is 0. The van der Waals surface area contributed by atoms with Crippen molar-refractivity contribution in [3.63, 3.8) is 0 Å². The fraction of sp³-hybridized carbons (Fsp3) is 0.167. The SMILES string of the molecule is [CH2]Oc1cc(C)ncn1. The molecule has 1 heterocycles. The maximum atomic E-state index is 4.59. The van der Waals surface area contributed by atoms with Crippen LogP contribution < -0.4 is 4.74 Å². The van der Waals surface area contributed by atoms with Crippen LogP contribution in [0.15, 0.2) is 12.4 Å². The maximum absolute atomic E-state index is 4.59. The minimum atomic E-state index is 0.502. The predicted octanol–water partition coefficient (Wildman–Crippen LogP) is 0.955. The van der Waals surface area contributed by atoms with Gasteiger partial charge in [0.1, 0.15) is 13.4 Å². The molecular weight excluding hydrogens is 116 g/mol. The largest absolute Gasteiger partial charge is 0.474 e. The summed E-state index contributed by atoms with van der Waals surface area (Å²) in [6.07, 6.45) is 1.44. The molecule has 0 saturated heterocycles. The zero-order valence-corrected chi connectivity index (χ0v) is 5.16. The second-order valence-electron chi connectivity index (χ2n) is 1.64. The molecule has 0 aliphatic heterocycles. The molecule has 9 heavy (non-hydrogen) atoms. The van der Waals surface area contributed by atoms with Gasteiger partial charge in [-0.15, -0.1) is 0 Å². The summed E-state index contributed by atoms with van der Waals surface area (Å²) in [6.45, 7) is 1.87. The Bertz CT molecular complexity index is 200. The Morgan fingerprint density at radius 3 is 2.78 bits per heavy atom. The highest BCUT2D eigenvalue weighted by molar-refractivity contribution is 5.11. The quantitative estimate of drug-likeness (QED) is 0.557. The van der Waals surface area contributed by atoms with Gasteiger partial charge in [0.2, 0.25) is 5.88 Å². The first-order chi connectivity index (χ1) is 4.33. The van der Waals surface area contributed by atoms with Gasteiger partial charge in [-0.3, -0.25) is 0 Å². The Morgan fingerprint density at radius 1 is 1.56 bits per heavy atom. The summed E-state index contributed by atoms with van der Waals surface area (Å²) in [5.41, 5.74) is 0.878. The summed E-state index contributed by atoms with van der Waals surface area (Å²) in [6, 6.07) is 1.72. The Hall–Kier alpha value is -1.12. The third-order valence-corrected chi connectivity index (χ3v) is 0.927. The van der Waals surface area contributed by atoms with Crippen LogP contribution in [0.4, 0.5) is 0 Å². The van der Waals surface area contributed by atoms with E-state index in [0.717, 1.165) is 5.69 Å². The monoisotopic (exact) mass is 123 g/mol. The summed E-state index contributed by atoms with van der Waals surface area (Å²) in [5.74, 6) is 0.502. The number of hydrogen-bond donors (Lipinski definition) is 0. The van der Waals surface area contributed by atoms with Gasteiger partial charge in [0.05, 0.1) is 0 Å². The molecule has 1 radical (unpaired) electrons. The summed E-state index contributed by atoms with van der Waals surface area (Å²) < 4.78 is 4.59. The number of aryl methyl sites for hydroxylation is 1. The van der Waals surface area contributed by atoms with Crippen LogP contribution in [0.25, 0.3) is 0 Å². The normalized spacial score (nSPS) is 9.11. The van der Waals surface area contributed by atoms with Crippen LogP contribution >= 0.6 is 0 Å². The highest BCUT2D eigenvalue weighted by Crippen LogP contribution is 2.03. The molecule has 0 bridgehead atoms. The van der Waals surface area contributed by atoms with Gasteiger partial charge in [0, 0.05) is 11.8 Å². The molecule has 0 unspecified atom stereocenters. The van der Waals surface area contributed by atoms with Gasteiger partial charge in [-0.05, 0) is 6.92 Å². The average Bonchev–Trinajstić information content (AvgIpc) is 1.88. The van der Waals surface area contributed by atoms with E-state index in [9.17, 15) is 0 Å².